The highest BCUT2D eigenvalue weighted by Crippen LogP contribution is 2.24. The minimum absolute atomic E-state index is 0.290. The van der Waals surface area contributed by atoms with E-state index in [1.165, 1.54) is 12.8 Å². The van der Waals surface area contributed by atoms with E-state index in [-0.39, 0.29) is 0 Å². The van der Waals surface area contributed by atoms with Gasteiger partial charge in [0, 0.05) is 18.9 Å². The molecular formula is C12H22O2. The Balaban J connectivity index is 2.16. The summed E-state index contributed by atoms with van der Waals surface area (Å²) < 4.78 is 0. The van der Waals surface area contributed by atoms with Crippen LogP contribution in [0.5, 0.6) is 0 Å². The van der Waals surface area contributed by atoms with Crippen LogP contribution in [-0.2, 0) is 4.79 Å². The molecule has 1 saturated carbocycles. The van der Waals surface area contributed by atoms with Crippen molar-refractivity contribution in [2.75, 3.05) is 6.61 Å². The molecule has 1 aliphatic rings. The summed E-state index contributed by atoms with van der Waals surface area (Å²) in [5.41, 5.74) is 0. The monoisotopic (exact) mass is 198 g/mol. The van der Waals surface area contributed by atoms with Gasteiger partial charge in [0.05, 0.1) is 0 Å². The molecule has 0 heterocycles. The smallest absolute Gasteiger partial charge is 0.135 e. The highest BCUT2D eigenvalue weighted by molar-refractivity contribution is 5.81. The van der Waals surface area contributed by atoms with Crippen molar-refractivity contribution < 1.29 is 9.90 Å². The van der Waals surface area contributed by atoms with Gasteiger partial charge in [0.2, 0.25) is 0 Å². The number of carbonyl (C=O) groups is 1. The van der Waals surface area contributed by atoms with Crippen molar-refractivity contribution in [2.45, 2.75) is 57.8 Å². The van der Waals surface area contributed by atoms with Gasteiger partial charge in [-0.2, -0.15) is 0 Å². The summed E-state index contributed by atoms with van der Waals surface area (Å²) in [5.74, 6) is 0.836. The zero-order chi connectivity index (χ0) is 10.2. The van der Waals surface area contributed by atoms with Gasteiger partial charge in [0.25, 0.3) is 0 Å². The molecule has 0 spiro atoms. The second-order valence-electron chi connectivity index (χ2n) is 4.34. The first-order chi connectivity index (χ1) is 6.84. The predicted octanol–water partition coefficient (Wildman–Crippen LogP) is 2.69. The Morgan fingerprint density at radius 1 is 1.14 bits per heavy atom. The predicted molar refractivity (Wildman–Crippen MR) is 57.1 cm³/mol. The van der Waals surface area contributed by atoms with Gasteiger partial charge >= 0.3 is 0 Å². The molecule has 1 rings (SSSR count). The second-order valence-corrected chi connectivity index (χ2v) is 4.34. The Morgan fingerprint density at radius 3 is 2.79 bits per heavy atom. The minimum Gasteiger partial charge on any atom is -0.396 e. The number of hydrogen-bond acceptors (Lipinski definition) is 2. The quantitative estimate of drug-likeness (QED) is 0.544. The Morgan fingerprint density at radius 2 is 2.00 bits per heavy atom. The van der Waals surface area contributed by atoms with E-state index < -0.39 is 0 Å². The highest BCUT2D eigenvalue weighted by atomic mass is 16.2. The Bertz CT molecular complexity index is 166. The average Bonchev–Trinajstić information content (AvgIpc) is 2.39. The molecule has 0 bridgehead atoms. The SMILES string of the molecule is O=C1CCCCCC1CCCCCO. The van der Waals surface area contributed by atoms with Crippen LogP contribution >= 0.6 is 0 Å². The molecule has 0 radical (unpaired) electrons. The van der Waals surface area contributed by atoms with Gasteiger partial charge in [-0.15, -0.1) is 0 Å². The molecule has 1 fully saturated rings. The molecule has 2 nitrogen and oxygen atoms in total. The Kier molecular flexibility index (Phi) is 5.85. The lowest BCUT2D eigenvalue weighted by molar-refractivity contribution is -0.122. The number of ketones is 1. The molecule has 14 heavy (non-hydrogen) atoms. The molecule has 0 aliphatic heterocycles. The van der Waals surface area contributed by atoms with Gasteiger partial charge < -0.3 is 5.11 Å². The molecule has 0 aromatic rings. The van der Waals surface area contributed by atoms with Gasteiger partial charge in [0.15, 0.2) is 0 Å². The average molecular weight is 198 g/mol. The standard InChI is InChI=1S/C12H22O2/c13-10-6-2-4-8-11-7-3-1-5-9-12(11)14/h11,13H,1-10H2. The Hall–Kier alpha value is -0.370. The number of hydrogen-bond donors (Lipinski definition) is 1. The molecule has 0 amide bonds. The van der Waals surface area contributed by atoms with Crippen LogP contribution in [0.1, 0.15) is 57.8 Å². The number of rotatable bonds is 5. The lowest BCUT2D eigenvalue weighted by Crippen LogP contribution is -2.12. The van der Waals surface area contributed by atoms with Crippen molar-refractivity contribution >= 4 is 5.78 Å². The summed E-state index contributed by atoms with van der Waals surface area (Å²) in [6, 6.07) is 0. The normalized spacial score (nSPS) is 23.5. The first-order valence-electron chi connectivity index (χ1n) is 5.98. The lowest BCUT2D eigenvalue weighted by Gasteiger charge is -2.11. The Labute approximate surface area is 86.7 Å². The van der Waals surface area contributed by atoms with Gasteiger partial charge in [-0.25, -0.2) is 0 Å². The van der Waals surface area contributed by atoms with Crippen molar-refractivity contribution in [3.63, 3.8) is 0 Å². The first-order valence-corrected chi connectivity index (χ1v) is 5.98. The van der Waals surface area contributed by atoms with Crippen molar-refractivity contribution in [1.29, 1.82) is 0 Å². The van der Waals surface area contributed by atoms with E-state index in [9.17, 15) is 4.79 Å². The van der Waals surface area contributed by atoms with E-state index in [0.717, 1.165) is 44.9 Å². The zero-order valence-electron chi connectivity index (χ0n) is 9.00. The fourth-order valence-corrected chi connectivity index (χ4v) is 2.22. The molecule has 2 heteroatoms. The summed E-state index contributed by atoms with van der Waals surface area (Å²) >= 11 is 0. The molecule has 82 valence electrons. The van der Waals surface area contributed by atoms with E-state index in [1.807, 2.05) is 0 Å². The summed E-state index contributed by atoms with van der Waals surface area (Å²) in [5, 5.41) is 8.63. The van der Waals surface area contributed by atoms with Crippen LogP contribution in [0.4, 0.5) is 0 Å². The third kappa shape index (κ3) is 4.23. The van der Waals surface area contributed by atoms with Crippen LogP contribution in [0.3, 0.4) is 0 Å². The van der Waals surface area contributed by atoms with E-state index in [4.69, 9.17) is 5.11 Å². The van der Waals surface area contributed by atoms with E-state index in [0.29, 0.717) is 18.3 Å². The van der Waals surface area contributed by atoms with Crippen LogP contribution in [0.2, 0.25) is 0 Å². The number of aliphatic hydroxyl groups is 1. The van der Waals surface area contributed by atoms with Gasteiger partial charge in [-0.1, -0.05) is 25.7 Å². The molecule has 1 unspecified atom stereocenters. The molecule has 1 N–H and O–H groups in total. The topological polar surface area (TPSA) is 37.3 Å². The maximum Gasteiger partial charge on any atom is 0.135 e. The lowest BCUT2D eigenvalue weighted by atomic mass is 9.93. The number of unbranched alkanes of at least 4 members (excludes halogenated alkanes) is 2. The van der Waals surface area contributed by atoms with Gasteiger partial charge in [-0.05, 0) is 25.7 Å². The van der Waals surface area contributed by atoms with Crippen LogP contribution in [0.25, 0.3) is 0 Å². The van der Waals surface area contributed by atoms with Crippen molar-refractivity contribution in [3.8, 4) is 0 Å². The second kappa shape index (κ2) is 6.99. The van der Waals surface area contributed by atoms with Crippen molar-refractivity contribution in [1.82, 2.24) is 0 Å². The fourth-order valence-electron chi connectivity index (χ4n) is 2.22. The minimum atomic E-state index is 0.290. The number of Topliss-reactive ketones (excluding diaryl/α,β-unsaturated/α-hetero) is 1. The molecule has 0 saturated heterocycles. The third-order valence-corrected chi connectivity index (χ3v) is 3.14. The van der Waals surface area contributed by atoms with Crippen LogP contribution in [0.15, 0.2) is 0 Å². The molecule has 0 aromatic heterocycles. The number of aliphatic hydroxyl groups excluding tert-OH is 1. The largest absolute Gasteiger partial charge is 0.396 e. The van der Waals surface area contributed by atoms with Crippen LogP contribution < -0.4 is 0 Å². The van der Waals surface area contributed by atoms with Crippen molar-refractivity contribution in [3.05, 3.63) is 0 Å². The van der Waals surface area contributed by atoms with E-state index in [1.54, 1.807) is 0 Å². The number of carbonyl (C=O) groups excluding carboxylic acids is 1. The van der Waals surface area contributed by atoms with Crippen molar-refractivity contribution in [2.24, 2.45) is 5.92 Å². The maximum atomic E-state index is 11.6. The van der Waals surface area contributed by atoms with Crippen LogP contribution in [-0.4, -0.2) is 17.5 Å². The van der Waals surface area contributed by atoms with E-state index >= 15 is 0 Å². The molecule has 1 atom stereocenters. The van der Waals surface area contributed by atoms with Gasteiger partial charge in [0.1, 0.15) is 5.78 Å². The summed E-state index contributed by atoms with van der Waals surface area (Å²) in [7, 11) is 0. The molecule has 1 aliphatic carbocycles. The zero-order valence-corrected chi connectivity index (χ0v) is 9.00. The first kappa shape index (κ1) is 11.7. The third-order valence-electron chi connectivity index (χ3n) is 3.14. The summed E-state index contributed by atoms with van der Waals surface area (Å²) in [6.07, 6.45) is 9.61. The van der Waals surface area contributed by atoms with E-state index in [2.05, 4.69) is 0 Å². The highest BCUT2D eigenvalue weighted by Gasteiger charge is 2.19. The summed E-state index contributed by atoms with van der Waals surface area (Å²) in [4.78, 5) is 11.6. The molecular weight excluding hydrogens is 176 g/mol. The van der Waals surface area contributed by atoms with Crippen LogP contribution in [0, 0.1) is 5.92 Å². The van der Waals surface area contributed by atoms with Gasteiger partial charge in [-0.3, -0.25) is 4.79 Å². The fraction of sp³-hybridized carbons (Fsp3) is 0.917. The molecule has 0 aromatic carbocycles. The summed E-state index contributed by atoms with van der Waals surface area (Å²) in [6.45, 7) is 0.290. The maximum absolute atomic E-state index is 11.6.